The maximum absolute atomic E-state index is 7.36. The van der Waals surface area contributed by atoms with Gasteiger partial charge in [0, 0.05) is 65.8 Å². The monoisotopic (exact) mass is 372 g/mol. The standard InChI is InChI=1S/C22H24N6/c23-11-18(12-24)16-1-3-20(4-2-16)27-10-7-17-14-26-9-8-22(17)19(13-25)15-28-21-5-6-21/h1-4,7-15,21,23,27H,5-6,24-25H2/b10-7+,18-12?,19-13?,23-11?,28-15?. The van der Waals surface area contributed by atoms with Gasteiger partial charge in [0.25, 0.3) is 0 Å². The van der Waals surface area contributed by atoms with E-state index in [1.807, 2.05) is 48.8 Å². The van der Waals surface area contributed by atoms with Gasteiger partial charge in [-0.3, -0.25) is 9.98 Å². The van der Waals surface area contributed by atoms with Crippen LogP contribution in [0, 0.1) is 5.41 Å². The molecular formula is C22H24N6. The van der Waals surface area contributed by atoms with Crippen molar-refractivity contribution in [1.82, 2.24) is 4.98 Å². The number of aliphatic imine (C=N–C) groups is 1. The van der Waals surface area contributed by atoms with Gasteiger partial charge in [-0.1, -0.05) is 12.1 Å². The molecule has 1 aromatic heterocycles. The van der Waals surface area contributed by atoms with Crippen LogP contribution >= 0.6 is 0 Å². The number of nitrogens with two attached hydrogens (primary N) is 2. The number of pyridine rings is 1. The van der Waals surface area contributed by atoms with E-state index in [4.69, 9.17) is 16.9 Å². The van der Waals surface area contributed by atoms with Crippen LogP contribution in [0.4, 0.5) is 5.69 Å². The minimum atomic E-state index is 0.447. The molecule has 6 N–H and O–H groups in total. The fourth-order valence-corrected chi connectivity index (χ4v) is 2.63. The van der Waals surface area contributed by atoms with Gasteiger partial charge >= 0.3 is 0 Å². The summed E-state index contributed by atoms with van der Waals surface area (Å²) in [5, 5.41) is 10.6. The first-order valence-electron chi connectivity index (χ1n) is 9.10. The normalized spacial score (nSPS) is 15.3. The Morgan fingerprint density at radius 2 is 1.86 bits per heavy atom. The second-order valence-electron chi connectivity index (χ2n) is 6.42. The van der Waals surface area contributed by atoms with Crippen LogP contribution in [0.3, 0.4) is 0 Å². The lowest BCUT2D eigenvalue weighted by molar-refractivity contribution is 1.08. The highest BCUT2D eigenvalue weighted by molar-refractivity contribution is 6.11. The van der Waals surface area contributed by atoms with Crippen molar-refractivity contribution in [2.24, 2.45) is 16.5 Å². The van der Waals surface area contributed by atoms with E-state index in [1.54, 1.807) is 18.6 Å². The lowest BCUT2D eigenvalue weighted by Gasteiger charge is -2.07. The predicted molar refractivity (Wildman–Crippen MR) is 118 cm³/mol. The number of benzene rings is 1. The molecule has 3 rings (SSSR count). The number of nitrogens with one attached hydrogen (secondary N) is 2. The van der Waals surface area contributed by atoms with E-state index < -0.39 is 0 Å². The number of nitrogens with zero attached hydrogens (tertiary/aromatic N) is 2. The number of hydrogen-bond acceptors (Lipinski definition) is 6. The fraction of sp³-hybridized carbons (Fsp3) is 0.136. The molecule has 0 unspecified atom stereocenters. The van der Waals surface area contributed by atoms with Crippen molar-refractivity contribution in [3.63, 3.8) is 0 Å². The van der Waals surface area contributed by atoms with Gasteiger partial charge in [-0.2, -0.15) is 0 Å². The molecule has 1 aromatic carbocycles. The van der Waals surface area contributed by atoms with E-state index in [2.05, 4.69) is 15.3 Å². The summed E-state index contributed by atoms with van der Waals surface area (Å²) >= 11 is 0. The van der Waals surface area contributed by atoms with Crippen LogP contribution in [0.2, 0.25) is 0 Å². The Morgan fingerprint density at radius 1 is 1.11 bits per heavy atom. The SMILES string of the molecule is N=CC(=CN)c1ccc(N/C=C/c2cnccc2C(C=NC2CC2)=CN)cc1. The molecule has 1 fully saturated rings. The highest BCUT2D eigenvalue weighted by Gasteiger charge is 2.19. The fourth-order valence-electron chi connectivity index (χ4n) is 2.63. The highest BCUT2D eigenvalue weighted by atomic mass is 14.8. The highest BCUT2D eigenvalue weighted by Crippen LogP contribution is 2.25. The third kappa shape index (κ3) is 4.94. The third-order valence-electron chi connectivity index (χ3n) is 4.38. The van der Waals surface area contributed by atoms with Crippen molar-refractivity contribution in [1.29, 1.82) is 5.41 Å². The topological polar surface area (TPSA) is 113 Å². The molecule has 0 atom stereocenters. The molecule has 142 valence electrons. The van der Waals surface area contributed by atoms with Gasteiger partial charge in [-0.25, -0.2) is 0 Å². The Morgan fingerprint density at radius 3 is 2.50 bits per heavy atom. The van der Waals surface area contributed by atoms with Gasteiger partial charge in [-0.05, 0) is 48.2 Å². The summed E-state index contributed by atoms with van der Waals surface area (Å²) in [4.78, 5) is 8.74. The Hall–Kier alpha value is -3.67. The Labute approximate surface area is 164 Å². The second-order valence-corrected chi connectivity index (χ2v) is 6.42. The molecule has 2 aromatic rings. The van der Waals surface area contributed by atoms with Gasteiger partial charge in [-0.15, -0.1) is 0 Å². The molecule has 1 aliphatic carbocycles. The number of hydrogen-bond donors (Lipinski definition) is 4. The number of aromatic nitrogens is 1. The van der Waals surface area contributed by atoms with E-state index in [1.165, 1.54) is 12.4 Å². The van der Waals surface area contributed by atoms with Crippen LogP contribution in [-0.4, -0.2) is 23.5 Å². The largest absolute Gasteiger partial charge is 0.404 e. The number of allylic oxidation sites excluding steroid dienone is 2. The molecule has 6 nitrogen and oxygen atoms in total. The minimum Gasteiger partial charge on any atom is -0.404 e. The molecule has 6 heteroatoms. The minimum absolute atomic E-state index is 0.447. The van der Waals surface area contributed by atoms with Crippen molar-refractivity contribution in [2.45, 2.75) is 18.9 Å². The molecular weight excluding hydrogens is 348 g/mol. The predicted octanol–water partition coefficient (Wildman–Crippen LogP) is 3.65. The van der Waals surface area contributed by atoms with E-state index in [-0.39, 0.29) is 0 Å². The average Bonchev–Trinajstić information content (AvgIpc) is 3.56. The van der Waals surface area contributed by atoms with Crippen molar-refractivity contribution in [3.8, 4) is 0 Å². The van der Waals surface area contributed by atoms with Crippen LogP contribution < -0.4 is 16.8 Å². The Bertz CT molecular complexity index is 934. The summed E-state index contributed by atoms with van der Waals surface area (Å²) in [7, 11) is 0. The molecule has 28 heavy (non-hydrogen) atoms. The molecule has 0 bridgehead atoms. The summed E-state index contributed by atoms with van der Waals surface area (Å²) in [6.45, 7) is 0. The number of anilines is 1. The second kappa shape index (κ2) is 9.32. The average molecular weight is 372 g/mol. The van der Waals surface area contributed by atoms with Crippen LogP contribution in [0.25, 0.3) is 17.2 Å². The summed E-state index contributed by atoms with van der Waals surface area (Å²) in [5.74, 6) is 0. The van der Waals surface area contributed by atoms with Crippen LogP contribution in [0.5, 0.6) is 0 Å². The first-order chi connectivity index (χ1) is 13.7. The molecule has 0 aliphatic heterocycles. The first kappa shape index (κ1) is 19.1. The maximum Gasteiger partial charge on any atom is 0.0501 e. The molecule has 0 amide bonds. The zero-order chi connectivity index (χ0) is 19.8. The zero-order valence-electron chi connectivity index (χ0n) is 15.5. The lowest BCUT2D eigenvalue weighted by Crippen LogP contribution is -1.96. The van der Waals surface area contributed by atoms with Crippen LogP contribution in [0.15, 0.2) is 66.3 Å². The van der Waals surface area contributed by atoms with Gasteiger partial charge in [0.05, 0.1) is 6.04 Å². The smallest absolute Gasteiger partial charge is 0.0501 e. The van der Waals surface area contributed by atoms with E-state index in [0.717, 1.165) is 40.8 Å². The Balaban J connectivity index is 1.71. The van der Waals surface area contributed by atoms with Crippen molar-refractivity contribution in [2.75, 3.05) is 5.32 Å². The lowest BCUT2D eigenvalue weighted by atomic mass is 10.0. The van der Waals surface area contributed by atoms with Crippen molar-refractivity contribution >= 4 is 35.3 Å². The van der Waals surface area contributed by atoms with Gasteiger partial charge in [0.1, 0.15) is 0 Å². The maximum atomic E-state index is 7.36. The number of rotatable bonds is 8. The third-order valence-corrected chi connectivity index (χ3v) is 4.38. The molecule has 0 radical (unpaired) electrons. The molecule has 1 heterocycles. The summed E-state index contributed by atoms with van der Waals surface area (Å²) in [5.41, 5.74) is 16.7. The van der Waals surface area contributed by atoms with Crippen LogP contribution in [0.1, 0.15) is 29.5 Å². The van der Waals surface area contributed by atoms with Crippen molar-refractivity contribution < 1.29 is 0 Å². The summed E-state index contributed by atoms with van der Waals surface area (Å²) in [6, 6.07) is 10.1. The van der Waals surface area contributed by atoms with Crippen molar-refractivity contribution in [3.05, 3.63) is 78.0 Å². The molecule has 1 aliphatic rings. The van der Waals surface area contributed by atoms with Gasteiger partial charge in [0.15, 0.2) is 0 Å². The summed E-state index contributed by atoms with van der Waals surface area (Å²) in [6.07, 6.45) is 15.8. The van der Waals surface area contributed by atoms with E-state index in [0.29, 0.717) is 11.6 Å². The van der Waals surface area contributed by atoms with E-state index in [9.17, 15) is 0 Å². The molecule has 0 saturated heterocycles. The molecule has 1 saturated carbocycles. The first-order valence-corrected chi connectivity index (χ1v) is 9.10. The van der Waals surface area contributed by atoms with Gasteiger partial charge in [0.2, 0.25) is 0 Å². The quantitative estimate of drug-likeness (QED) is 0.530. The zero-order valence-corrected chi connectivity index (χ0v) is 15.5. The summed E-state index contributed by atoms with van der Waals surface area (Å²) < 4.78 is 0. The Kier molecular flexibility index (Phi) is 6.36. The van der Waals surface area contributed by atoms with Gasteiger partial charge < -0.3 is 22.2 Å². The molecule has 0 spiro atoms. The van der Waals surface area contributed by atoms with Crippen LogP contribution in [-0.2, 0) is 0 Å². The van der Waals surface area contributed by atoms with E-state index >= 15 is 0 Å².